The molecule has 37 heavy (non-hydrogen) atoms. The van der Waals surface area contributed by atoms with Crippen molar-refractivity contribution in [2.24, 2.45) is 0 Å². The molecule has 1 aliphatic heterocycles. The van der Waals surface area contributed by atoms with Crippen molar-refractivity contribution in [2.75, 3.05) is 10.2 Å². The number of anilines is 2. The molecule has 0 unspecified atom stereocenters. The number of halogens is 2. The van der Waals surface area contributed by atoms with Crippen LogP contribution in [0.5, 0.6) is 0 Å². The molecule has 0 fully saturated rings. The average Bonchev–Trinajstić information content (AvgIpc) is 3.39. The lowest BCUT2D eigenvalue weighted by atomic mass is 9.78. The van der Waals surface area contributed by atoms with Crippen molar-refractivity contribution in [1.29, 1.82) is 0 Å². The molecule has 0 radical (unpaired) electrons. The minimum Gasteiger partial charge on any atom is -0.357 e. The first-order chi connectivity index (χ1) is 18.0. The van der Waals surface area contributed by atoms with E-state index in [2.05, 4.69) is 5.32 Å². The van der Waals surface area contributed by atoms with Crippen LogP contribution in [0, 0.1) is 5.82 Å². The van der Waals surface area contributed by atoms with Crippen LogP contribution in [-0.4, -0.2) is 11.7 Å². The van der Waals surface area contributed by atoms with E-state index in [4.69, 9.17) is 11.6 Å². The first kappa shape index (κ1) is 23.6. The number of carbonyl (C=O) groups is 2. The van der Waals surface area contributed by atoms with Crippen molar-refractivity contribution >= 4 is 46.0 Å². The SMILES string of the molecule is O=C1C[C@H](c2ccc(F)cc2)CC2=C1[C@H](c1ccccc1Cl)N(C(=O)c1cccs1)c1ccccc1N2. The normalized spacial score (nSPS) is 19.1. The Balaban J connectivity index is 1.57. The number of fused-ring (bicyclic) bond motifs is 1. The van der Waals surface area contributed by atoms with Crippen LogP contribution in [0.15, 0.2) is 102 Å². The van der Waals surface area contributed by atoms with Gasteiger partial charge in [-0.25, -0.2) is 4.39 Å². The zero-order chi connectivity index (χ0) is 25.5. The fourth-order valence-electron chi connectivity index (χ4n) is 5.29. The number of rotatable bonds is 3. The quantitative estimate of drug-likeness (QED) is 0.295. The maximum Gasteiger partial charge on any atom is 0.269 e. The van der Waals surface area contributed by atoms with Gasteiger partial charge in [-0.15, -0.1) is 11.3 Å². The van der Waals surface area contributed by atoms with E-state index in [1.807, 2.05) is 53.9 Å². The molecular weight excluding hydrogens is 507 g/mol. The number of allylic oxidation sites excluding steroid dienone is 1. The van der Waals surface area contributed by atoms with Crippen LogP contribution in [0.25, 0.3) is 0 Å². The van der Waals surface area contributed by atoms with E-state index < -0.39 is 6.04 Å². The molecule has 0 spiro atoms. The third-order valence-electron chi connectivity index (χ3n) is 6.98. The van der Waals surface area contributed by atoms with Crippen LogP contribution in [-0.2, 0) is 4.79 Å². The molecule has 2 aliphatic rings. The zero-order valence-corrected chi connectivity index (χ0v) is 21.2. The van der Waals surface area contributed by atoms with Crippen molar-refractivity contribution in [3.63, 3.8) is 0 Å². The Morgan fingerprint density at radius 1 is 0.946 bits per heavy atom. The summed E-state index contributed by atoms with van der Waals surface area (Å²) in [7, 11) is 0. The molecule has 1 aliphatic carbocycles. The fourth-order valence-corrected chi connectivity index (χ4v) is 6.19. The van der Waals surface area contributed by atoms with E-state index >= 15 is 0 Å². The van der Waals surface area contributed by atoms with E-state index in [1.54, 1.807) is 29.2 Å². The molecular formula is C30H22ClFN2O2S. The Hall–Kier alpha value is -3.74. The molecule has 3 aromatic carbocycles. The molecule has 2 atom stereocenters. The second kappa shape index (κ2) is 9.61. The van der Waals surface area contributed by atoms with Gasteiger partial charge in [-0.1, -0.05) is 60.1 Å². The summed E-state index contributed by atoms with van der Waals surface area (Å²) in [5.41, 5.74) is 4.29. The number of thiophene rings is 1. The van der Waals surface area contributed by atoms with Crippen molar-refractivity contribution < 1.29 is 14.0 Å². The lowest BCUT2D eigenvalue weighted by Gasteiger charge is -2.35. The fraction of sp³-hybridized carbons (Fsp3) is 0.133. The summed E-state index contributed by atoms with van der Waals surface area (Å²) in [6.45, 7) is 0. The van der Waals surface area contributed by atoms with Gasteiger partial charge in [-0.3, -0.25) is 14.5 Å². The van der Waals surface area contributed by atoms with Gasteiger partial charge >= 0.3 is 0 Å². The van der Waals surface area contributed by atoms with E-state index in [0.717, 1.165) is 16.9 Å². The highest BCUT2D eigenvalue weighted by molar-refractivity contribution is 7.12. The van der Waals surface area contributed by atoms with E-state index in [9.17, 15) is 14.0 Å². The van der Waals surface area contributed by atoms with Gasteiger partial charge in [0.15, 0.2) is 5.78 Å². The molecule has 6 rings (SSSR count). The number of amides is 1. The van der Waals surface area contributed by atoms with E-state index in [0.29, 0.717) is 33.1 Å². The number of nitrogens with zero attached hydrogens (tertiary/aromatic N) is 1. The van der Waals surface area contributed by atoms with Gasteiger partial charge in [0, 0.05) is 22.7 Å². The maximum absolute atomic E-state index is 14.1. The number of carbonyl (C=O) groups excluding carboxylic acids is 2. The Bertz CT molecular complexity index is 1530. The highest BCUT2D eigenvalue weighted by atomic mass is 35.5. The molecule has 1 aromatic heterocycles. The number of Topliss-reactive ketones (excluding diaryl/α,β-unsaturated/α-hetero) is 1. The molecule has 1 N–H and O–H groups in total. The van der Waals surface area contributed by atoms with Gasteiger partial charge in [0.25, 0.3) is 5.91 Å². The molecule has 0 saturated carbocycles. The van der Waals surface area contributed by atoms with Crippen molar-refractivity contribution in [3.05, 3.63) is 128 Å². The molecule has 184 valence electrons. The van der Waals surface area contributed by atoms with E-state index in [1.165, 1.54) is 23.5 Å². The lowest BCUT2D eigenvalue weighted by molar-refractivity contribution is -0.116. The van der Waals surface area contributed by atoms with Crippen LogP contribution in [0.3, 0.4) is 0 Å². The van der Waals surface area contributed by atoms with Gasteiger partial charge in [-0.2, -0.15) is 0 Å². The number of hydrogen-bond acceptors (Lipinski definition) is 4. The Morgan fingerprint density at radius 2 is 1.70 bits per heavy atom. The molecule has 4 aromatic rings. The van der Waals surface area contributed by atoms with Crippen LogP contribution in [0.1, 0.15) is 45.6 Å². The molecule has 7 heteroatoms. The largest absolute Gasteiger partial charge is 0.357 e. The first-order valence-corrected chi connectivity index (χ1v) is 13.3. The smallest absolute Gasteiger partial charge is 0.269 e. The van der Waals surface area contributed by atoms with Crippen molar-refractivity contribution in [3.8, 4) is 0 Å². The second-order valence-electron chi connectivity index (χ2n) is 9.19. The zero-order valence-electron chi connectivity index (χ0n) is 19.7. The minimum atomic E-state index is -0.712. The summed E-state index contributed by atoms with van der Waals surface area (Å²) in [6, 6.07) is 24.2. The topological polar surface area (TPSA) is 49.4 Å². The average molecular weight is 529 g/mol. The Kier molecular flexibility index (Phi) is 6.14. The number of hydrogen-bond donors (Lipinski definition) is 1. The standard InChI is InChI=1S/C30H22ClFN2O2S/c31-22-7-2-1-6-21(22)29-28-24(16-19(17-26(28)35)18-11-13-20(32)14-12-18)33-23-8-3-4-9-25(23)34(29)30(36)27-10-5-15-37-27/h1-15,19,29,33H,16-17H2/t19-,29+/m1/s1. The third kappa shape index (κ3) is 4.26. The van der Waals surface area contributed by atoms with Gasteiger partial charge in [0.2, 0.25) is 0 Å². The summed E-state index contributed by atoms with van der Waals surface area (Å²) < 4.78 is 13.6. The Morgan fingerprint density at radius 3 is 2.46 bits per heavy atom. The Labute approximate surface area is 223 Å². The highest BCUT2D eigenvalue weighted by Gasteiger charge is 2.42. The summed E-state index contributed by atoms with van der Waals surface area (Å²) in [4.78, 5) is 30.3. The molecule has 2 heterocycles. The second-order valence-corrected chi connectivity index (χ2v) is 10.5. The van der Waals surface area contributed by atoms with Crippen molar-refractivity contribution in [2.45, 2.75) is 24.8 Å². The third-order valence-corrected chi connectivity index (χ3v) is 8.18. The van der Waals surface area contributed by atoms with Crippen LogP contribution < -0.4 is 10.2 Å². The molecule has 0 saturated heterocycles. The summed E-state index contributed by atoms with van der Waals surface area (Å²) in [5, 5.41) is 5.85. The van der Waals surface area contributed by atoms with Gasteiger partial charge in [0.1, 0.15) is 5.82 Å². The van der Waals surface area contributed by atoms with Crippen LogP contribution in [0.2, 0.25) is 5.02 Å². The summed E-state index contributed by atoms with van der Waals surface area (Å²) in [5.74, 6) is -0.687. The summed E-state index contributed by atoms with van der Waals surface area (Å²) in [6.07, 6.45) is 0.799. The van der Waals surface area contributed by atoms with Crippen LogP contribution >= 0.6 is 22.9 Å². The maximum atomic E-state index is 14.1. The first-order valence-electron chi connectivity index (χ1n) is 12.0. The monoisotopic (exact) mass is 528 g/mol. The molecule has 4 nitrogen and oxygen atoms in total. The highest BCUT2D eigenvalue weighted by Crippen LogP contribution is 2.49. The number of ketones is 1. The van der Waals surface area contributed by atoms with Gasteiger partial charge in [-0.05, 0) is 65.2 Å². The van der Waals surface area contributed by atoms with Crippen molar-refractivity contribution in [1.82, 2.24) is 0 Å². The predicted octanol–water partition coefficient (Wildman–Crippen LogP) is 7.76. The number of benzene rings is 3. The van der Waals surface area contributed by atoms with Gasteiger partial charge < -0.3 is 5.32 Å². The minimum absolute atomic E-state index is 0.0650. The lowest BCUT2D eigenvalue weighted by Crippen LogP contribution is -2.38. The van der Waals surface area contributed by atoms with E-state index in [-0.39, 0.29) is 29.8 Å². The number of nitrogens with one attached hydrogen (secondary N) is 1. The molecule has 1 amide bonds. The summed E-state index contributed by atoms with van der Waals surface area (Å²) >= 11 is 8.09. The van der Waals surface area contributed by atoms with Gasteiger partial charge in [0.05, 0.1) is 22.3 Å². The molecule has 0 bridgehead atoms. The predicted molar refractivity (Wildman–Crippen MR) is 146 cm³/mol. The van der Waals surface area contributed by atoms with Crippen LogP contribution in [0.4, 0.5) is 15.8 Å². The number of para-hydroxylation sites is 2.